The van der Waals surface area contributed by atoms with Gasteiger partial charge in [-0.25, -0.2) is 8.78 Å². The lowest BCUT2D eigenvalue weighted by Gasteiger charge is -2.32. The molecule has 0 aromatic heterocycles. The molecule has 1 saturated carbocycles. The summed E-state index contributed by atoms with van der Waals surface area (Å²) in [6.07, 6.45) is -0.0406. The van der Waals surface area contributed by atoms with E-state index in [-0.39, 0.29) is 18.9 Å². The molecule has 3 nitrogen and oxygen atoms in total. The average molecular weight is 223 g/mol. The van der Waals surface area contributed by atoms with Crippen LogP contribution in [0.1, 0.15) is 32.6 Å². The van der Waals surface area contributed by atoms with E-state index in [1.165, 1.54) is 6.92 Å². The highest BCUT2D eigenvalue weighted by Crippen LogP contribution is 2.21. The Morgan fingerprint density at radius 3 is 2.53 bits per heavy atom. The Morgan fingerprint density at radius 1 is 1.33 bits per heavy atom. The number of halogens is 2. The molecule has 0 amide bonds. The van der Waals surface area contributed by atoms with Crippen molar-refractivity contribution >= 4 is 0 Å². The highest BCUT2D eigenvalue weighted by Gasteiger charge is 2.32. The first kappa shape index (κ1) is 12.8. The zero-order chi connectivity index (χ0) is 11.5. The van der Waals surface area contributed by atoms with Crippen LogP contribution in [0.3, 0.4) is 0 Å². The van der Waals surface area contributed by atoms with Crippen molar-refractivity contribution in [1.29, 1.82) is 0 Å². The third-order valence-electron chi connectivity index (χ3n) is 2.93. The Labute approximate surface area is 88.5 Å². The van der Waals surface area contributed by atoms with Gasteiger partial charge in [-0.3, -0.25) is 0 Å². The molecule has 0 saturated heterocycles. The minimum absolute atomic E-state index is 0.203. The molecular weight excluding hydrogens is 204 g/mol. The molecule has 1 aliphatic carbocycles. The molecule has 0 aromatic rings. The van der Waals surface area contributed by atoms with Gasteiger partial charge in [0.2, 0.25) is 0 Å². The van der Waals surface area contributed by atoms with Gasteiger partial charge in [-0.05, 0) is 12.8 Å². The van der Waals surface area contributed by atoms with E-state index in [9.17, 15) is 19.0 Å². The minimum Gasteiger partial charge on any atom is -0.393 e. The van der Waals surface area contributed by atoms with Crippen LogP contribution in [0.5, 0.6) is 0 Å². The van der Waals surface area contributed by atoms with Crippen LogP contribution in [-0.2, 0) is 0 Å². The van der Waals surface area contributed by atoms with Crippen molar-refractivity contribution in [2.45, 2.75) is 56.8 Å². The van der Waals surface area contributed by atoms with Crippen LogP contribution in [0.2, 0.25) is 0 Å². The van der Waals surface area contributed by atoms with Gasteiger partial charge in [-0.1, -0.05) is 6.92 Å². The number of aliphatic hydroxyl groups is 2. The Bertz CT molecular complexity index is 202. The fourth-order valence-corrected chi connectivity index (χ4v) is 1.77. The standard InChI is InChI=1S/C10H19F2NO2/c1-2-10(11,12)6-13-8-4-3-7(14)5-9(8)15/h7-9,13-15H,2-6H2,1H3. The van der Waals surface area contributed by atoms with Gasteiger partial charge >= 0.3 is 0 Å². The SMILES string of the molecule is CCC(F)(F)CNC1CCC(O)CC1O. The lowest BCUT2D eigenvalue weighted by Crippen LogP contribution is -2.48. The smallest absolute Gasteiger partial charge is 0.260 e. The fourth-order valence-electron chi connectivity index (χ4n) is 1.77. The summed E-state index contributed by atoms with van der Waals surface area (Å²) in [6, 6.07) is -0.314. The van der Waals surface area contributed by atoms with Crippen molar-refractivity contribution in [1.82, 2.24) is 5.32 Å². The summed E-state index contributed by atoms with van der Waals surface area (Å²) in [4.78, 5) is 0. The first-order valence-electron chi connectivity index (χ1n) is 5.42. The lowest BCUT2D eigenvalue weighted by molar-refractivity contribution is -0.0226. The third kappa shape index (κ3) is 4.01. The minimum atomic E-state index is -2.71. The number of alkyl halides is 2. The van der Waals surface area contributed by atoms with E-state index < -0.39 is 24.7 Å². The molecule has 0 heterocycles. The van der Waals surface area contributed by atoms with Crippen molar-refractivity contribution < 1.29 is 19.0 Å². The van der Waals surface area contributed by atoms with Gasteiger partial charge in [-0.15, -0.1) is 0 Å². The maximum atomic E-state index is 12.9. The van der Waals surface area contributed by atoms with E-state index in [1.807, 2.05) is 0 Å². The molecule has 1 fully saturated rings. The van der Waals surface area contributed by atoms with Crippen molar-refractivity contribution in [3.05, 3.63) is 0 Å². The Balaban J connectivity index is 2.33. The van der Waals surface area contributed by atoms with Crippen molar-refractivity contribution in [3.8, 4) is 0 Å². The van der Waals surface area contributed by atoms with Gasteiger partial charge in [0.25, 0.3) is 5.92 Å². The van der Waals surface area contributed by atoms with E-state index in [0.717, 1.165) is 0 Å². The van der Waals surface area contributed by atoms with Gasteiger partial charge in [-0.2, -0.15) is 0 Å². The van der Waals surface area contributed by atoms with Gasteiger partial charge < -0.3 is 15.5 Å². The van der Waals surface area contributed by atoms with Crippen LogP contribution in [0.25, 0.3) is 0 Å². The number of aliphatic hydroxyl groups excluding tert-OH is 2. The molecular formula is C10H19F2NO2. The molecule has 15 heavy (non-hydrogen) atoms. The molecule has 3 N–H and O–H groups in total. The van der Waals surface area contributed by atoms with Crippen LogP contribution >= 0.6 is 0 Å². The summed E-state index contributed by atoms with van der Waals surface area (Å²) in [6.45, 7) is 1.03. The Hall–Kier alpha value is -0.260. The molecule has 1 rings (SSSR count). The maximum Gasteiger partial charge on any atom is 0.260 e. The van der Waals surface area contributed by atoms with Crippen LogP contribution in [0, 0.1) is 0 Å². The van der Waals surface area contributed by atoms with Crippen LogP contribution in [0.4, 0.5) is 8.78 Å². The van der Waals surface area contributed by atoms with E-state index in [0.29, 0.717) is 12.8 Å². The van der Waals surface area contributed by atoms with E-state index in [1.54, 1.807) is 0 Å². The van der Waals surface area contributed by atoms with Crippen LogP contribution in [-0.4, -0.2) is 40.9 Å². The summed E-state index contributed by atoms with van der Waals surface area (Å²) in [5, 5.41) is 21.4. The predicted molar refractivity (Wildman–Crippen MR) is 52.9 cm³/mol. The number of hydrogen-bond donors (Lipinski definition) is 3. The summed E-state index contributed by atoms with van der Waals surface area (Å²) < 4.78 is 25.8. The average Bonchev–Trinajstić information content (AvgIpc) is 2.16. The molecule has 3 unspecified atom stereocenters. The zero-order valence-corrected chi connectivity index (χ0v) is 8.92. The molecule has 1 aliphatic rings. The second-order valence-electron chi connectivity index (χ2n) is 4.23. The predicted octanol–water partition coefficient (Wildman–Crippen LogP) is 0.896. The topological polar surface area (TPSA) is 52.5 Å². The largest absolute Gasteiger partial charge is 0.393 e. The monoisotopic (exact) mass is 223 g/mol. The zero-order valence-electron chi connectivity index (χ0n) is 8.92. The number of nitrogens with one attached hydrogen (secondary N) is 1. The molecule has 0 radical (unpaired) electrons. The first-order chi connectivity index (χ1) is 6.94. The quantitative estimate of drug-likeness (QED) is 0.663. The normalized spacial score (nSPS) is 33.0. The second kappa shape index (κ2) is 5.18. The highest BCUT2D eigenvalue weighted by molar-refractivity contribution is 4.85. The van der Waals surface area contributed by atoms with Crippen LogP contribution < -0.4 is 5.32 Å². The number of rotatable bonds is 4. The summed E-state index contributed by atoms with van der Waals surface area (Å²) in [7, 11) is 0. The molecule has 90 valence electrons. The Morgan fingerprint density at radius 2 is 2.00 bits per heavy atom. The van der Waals surface area contributed by atoms with E-state index in [2.05, 4.69) is 5.32 Å². The molecule has 3 atom stereocenters. The van der Waals surface area contributed by atoms with Crippen molar-refractivity contribution in [3.63, 3.8) is 0 Å². The molecule has 5 heteroatoms. The van der Waals surface area contributed by atoms with Crippen molar-refractivity contribution in [2.75, 3.05) is 6.54 Å². The maximum absolute atomic E-state index is 12.9. The lowest BCUT2D eigenvalue weighted by atomic mass is 9.90. The van der Waals surface area contributed by atoms with Crippen LogP contribution in [0.15, 0.2) is 0 Å². The third-order valence-corrected chi connectivity index (χ3v) is 2.93. The van der Waals surface area contributed by atoms with Gasteiger partial charge in [0.15, 0.2) is 0 Å². The van der Waals surface area contributed by atoms with Gasteiger partial charge in [0.1, 0.15) is 0 Å². The summed E-state index contributed by atoms with van der Waals surface area (Å²) in [5.41, 5.74) is 0. The molecule has 0 bridgehead atoms. The molecule has 0 spiro atoms. The summed E-state index contributed by atoms with van der Waals surface area (Å²) >= 11 is 0. The van der Waals surface area contributed by atoms with Crippen molar-refractivity contribution in [2.24, 2.45) is 0 Å². The molecule has 0 aliphatic heterocycles. The highest BCUT2D eigenvalue weighted by atomic mass is 19.3. The summed E-state index contributed by atoms with van der Waals surface area (Å²) in [5.74, 6) is -2.71. The van der Waals surface area contributed by atoms with Gasteiger partial charge in [0, 0.05) is 18.9 Å². The fraction of sp³-hybridized carbons (Fsp3) is 1.00. The second-order valence-corrected chi connectivity index (χ2v) is 4.23. The molecule has 0 aromatic carbocycles. The number of hydrogen-bond acceptors (Lipinski definition) is 3. The van der Waals surface area contributed by atoms with Gasteiger partial charge in [0.05, 0.1) is 18.8 Å². The van der Waals surface area contributed by atoms with E-state index in [4.69, 9.17) is 0 Å². The first-order valence-corrected chi connectivity index (χ1v) is 5.42. The van der Waals surface area contributed by atoms with E-state index >= 15 is 0 Å². The Kier molecular flexibility index (Phi) is 4.43.